The Morgan fingerprint density at radius 3 is 1.54 bits per heavy atom. The van der Waals surface area contributed by atoms with Crippen molar-refractivity contribution in [3.05, 3.63) is 47.5 Å². The molecule has 2 aromatic rings. The average Bonchev–Trinajstić information content (AvgIpc) is 2.60. The van der Waals surface area contributed by atoms with E-state index < -0.39 is 0 Å². The van der Waals surface area contributed by atoms with Crippen LogP contribution in [0.4, 0.5) is 0 Å². The topological polar surface area (TPSA) is 83.0 Å². The van der Waals surface area contributed by atoms with E-state index >= 15 is 0 Å². The highest BCUT2D eigenvalue weighted by molar-refractivity contribution is 5.40. The maximum atomic E-state index is 9.81. The molecule has 0 spiro atoms. The fraction of sp³-hybridized carbons (Fsp3) is 0.333. The molecular formula is C18H24N2O4. The molecule has 4 N–H and O–H groups in total. The highest BCUT2D eigenvalue weighted by Crippen LogP contribution is 2.23. The molecule has 0 aliphatic carbocycles. The molecule has 6 nitrogen and oxygen atoms in total. The molecule has 6 heteroatoms. The molecule has 0 fully saturated rings. The highest BCUT2D eigenvalue weighted by Gasteiger charge is 2.04. The summed E-state index contributed by atoms with van der Waals surface area (Å²) in [7, 11) is 3.20. The smallest absolute Gasteiger partial charge is 0.120 e. The van der Waals surface area contributed by atoms with Gasteiger partial charge in [0.05, 0.1) is 14.2 Å². The zero-order valence-electron chi connectivity index (χ0n) is 14.0. The van der Waals surface area contributed by atoms with Gasteiger partial charge in [0, 0.05) is 37.3 Å². The second-order valence-corrected chi connectivity index (χ2v) is 5.34. The van der Waals surface area contributed by atoms with E-state index in [1.54, 1.807) is 38.5 Å². The lowest BCUT2D eigenvalue weighted by molar-refractivity contribution is 0.409. The molecule has 0 saturated heterocycles. The van der Waals surface area contributed by atoms with Crippen molar-refractivity contribution in [3.8, 4) is 23.0 Å². The van der Waals surface area contributed by atoms with E-state index in [4.69, 9.17) is 9.47 Å². The van der Waals surface area contributed by atoms with Crippen LogP contribution in [0, 0.1) is 0 Å². The molecule has 0 aliphatic rings. The van der Waals surface area contributed by atoms with Crippen LogP contribution in [-0.2, 0) is 13.1 Å². The van der Waals surface area contributed by atoms with Crippen LogP contribution >= 0.6 is 0 Å². The van der Waals surface area contributed by atoms with Gasteiger partial charge in [-0.15, -0.1) is 0 Å². The molecule has 0 aliphatic heterocycles. The first-order valence-corrected chi connectivity index (χ1v) is 7.77. The minimum Gasteiger partial charge on any atom is -0.508 e. The largest absolute Gasteiger partial charge is 0.508 e. The van der Waals surface area contributed by atoms with Crippen molar-refractivity contribution < 1.29 is 19.7 Å². The van der Waals surface area contributed by atoms with Crippen LogP contribution in [-0.4, -0.2) is 37.5 Å². The van der Waals surface area contributed by atoms with E-state index in [9.17, 15) is 10.2 Å². The number of methoxy groups -OCH3 is 2. The first-order valence-electron chi connectivity index (χ1n) is 7.77. The van der Waals surface area contributed by atoms with E-state index in [1.165, 1.54) is 0 Å². The molecule has 0 radical (unpaired) electrons. The summed E-state index contributed by atoms with van der Waals surface area (Å²) in [5.41, 5.74) is 1.58. The van der Waals surface area contributed by atoms with Gasteiger partial charge in [-0.1, -0.05) is 0 Å². The van der Waals surface area contributed by atoms with E-state index in [-0.39, 0.29) is 11.5 Å². The molecule has 0 unspecified atom stereocenters. The zero-order valence-corrected chi connectivity index (χ0v) is 14.0. The Labute approximate surface area is 142 Å². The number of hydrogen-bond acceptors (Lipinski definition) is 6. The second-order valence-electron chi connectivity index (χ2n) is 5.34. The average molecular weight is 332 g/mol. The van der Waals surface area contributed by atoms with Gasteiger partial charge in [0.2, 0.25) is 0 Å². The van der Waals surface area contributed by atoms with Gasteiger partial charge in [0.25, 0.3) is 0 Å². The quantitative estimate of drug-likeness (QED) is 0.526. The maximum absolute atomic E-state index is 9.81. The Hall–Kier alpha value is -2.44. The lowest BCUT2D eigenvalue weighted by atomic mass is 10.2. The summed E-state index contributed by atoms with van der Waals surface area (Å²) >= 11 is 0. The Morgan fingerprint density at radius 1 is 0.750 bits per heavy atom. The van der Waals surface area contributed by atoms with E-state index in [2.05, 4.69) is 10.6 Å². The van der Waals surface area contributed by atoms with Crippen molar-refractivity contribution >= 4 is 0 Å². The number of aromatic hydroxyl groups is 2. The molecule has 0 atom stereocenters. The SMILES string of the molecule is COc1ccc(O)c(CNCCNCc2cc(OC)ccc2O)c1. The molecule has 130 valence electrons. The van der Waals surface area contributed by atoms with Gasteiger partial charge in [-0.2, -0.15) is 0 Å². The first-order chi connectivity index (χ1) is 11.6. The zero-order chi connectivity index (χ0) is 17.4. The number of phenols is 2. The van der Waals surface area contributed by atoms with Crippen molar-refractivity contribution in [1.29, 1.82) is 0 Å². The molecule has 0 aromatic heterocycles. The summed E-state index contributed by atoms with van der Waals surface area (Å²) in [6.45, 7) is 2.55. The van der Waals surface area contributed by atoms with E-state index in [0.717, 1.165) is 35.7 Å². The predicted octanol–water partition coefficient (Wildman–Crippen LogP) is 1.99. The lowest BCUT2D eigenvalue weighted by Gasteiger charge is -2.10. The molecule has 2 rings (SSSR count). The standard InChI is InChI=1S/C18H24N2O4/c1-23-15-3-5-17(21)13(9-15)11-19-7-8-20-12-14-10-16(24-2)4-6-18(14)22/h3-6,9-10,19-22H,7-8,11-12H2,1-2H3. The minimum absolute atomic E-state index is 0.248. The molecule has 2 aromatic carbocycles. The highest BCUT2D eigenvalue weighted by atomic mass is 16.5. The Kier molecular flexibility index (Phi) is 6.72. The summed E-state index contributed by atoms with van der Waals surface area (Å²) in [5, 5.41) is 26.1. The van der Waals surface area contributed by atoms with Crippen molar-refractivity contribution in [1.82, 2.24) is 10.6 Å². The van der Waals surface area contributed by atoms with Gasteiger partial charge in [0.1, 0.15) is 23.0 Å². The molecule has 0 amide bonds. The maximum Gasteiger partial charge on any atom is 0.120 e. The lowest BCUT2D eigenvalue weighted by Crippen LogP contribution is -2.26. The van der Waals surface area contributed by atoms with Crippen molar-refractivity contribution in [2.45, 2.75) is 13.1 Å². The molecule has 0 heterocycles. The fourth-order valence-corrected chi connectivity index (χ4v) is 2.28. The van der Waals surface area contributed by atoms with Crippen LogP contribution < -0.4 is 20.1 Å². The summed E-state index contributed by atoms with van der Waals surface area (Å²) in [6.07, 6.45) is 0. The number of hydrogen-bond donors (Lipinski definition) is 4. The van der Waals surface area contributed by atoms with Crippen LogP contribution in [0.5, 0.6) is 23.0 Å². The summed E-state index contributed by atoms with van der Waals surface area (Å²) in [6, 6.07) is 10.3. The van der Waals surface area contributed by atoms with Crippen LogP contribution in [0.25, 0.3) is 0 Å². The van der Waals surface area contributed by atoms with Gasteiger partial charge in [-0.25, -0.2) is 0 Å². The third kappa shape index (κ3) is 5.04. The Morgan fingerprint density at radius 2 is 1.17 bits per heavy atom. The van der Waals surface area contributed by atoms with Gasteiger partial charge < -0.3 is 30.3 Å². The number of benzene rings is 2. The Balaban J connectivity index is 1.72. The van der Waals surface area contributed by atoms with Gasteiger partial charge in [-0.05, 0) is 36.4 Å². The number of nitrogens with one attached hydrogen (secondary N) is 2. The molecule has 0 saturated carbocycles. The number of rotatable bonds is 9. The predicted molar refractivity (Wildman–Crippen MR) is 92.7 cm³/mol. The summed E-state index contributed by atoms with van der Waals surface area (Å²) in [5.74, 6) is 1.93. The van der Waals surface area contributed by atoms with Gasteiger partial charge in [-0.3, -0.25) is 0 Å². The Bertz CT molecular complexity index is 604. The number of ether oxygens (including phenoxy) is 2. The third-order valence-corrected chi connectivity index (χ3v) is 3.68. The first kappa shape index (κ1) is 17.9. The minimum atomic E-state index is 0.248. The second kappa shape index (κ2) is 9.00. The summed E-state index contributed by atoms with van der Waals surface area (Å²) in [4.78, 5) is 0. The van der Waals surface area contributed by atoms with Gasteiger partial charge in [0.15, 0.2) is 0 Å². The summed E-state index contributed by atoms with van der Waals surface area (Å²) < 4.78 is 10.3. The van der Waals surface area contributed by atoms with E-state index in [0.29, 0.717) is 13.1 Å². The van der Waals surface area contributed by atoms with Gasteiger partial charge >= 0.3 is 0 Å². The van der Waals surface area contributed by atoms with Crippen LogP contribution in [0.3, 0.4) is 0 Å². The van der Waals surface area contributed by atoms with Crippen LogP contribution in [0.15, 0.2) is 36.4 Å². The monoisotopic (exact) mass is 332 g/mol. The molecular weight excluding hydrogens is 308 g/mol. The normalized spacial score (nSPS) is 10.6. The van der Waals surface area contributed by atoms with E-state index in [1.807, 2.05) is 12.1 Å². The van der Waals surface area contributed by atoms with Crippen LogP contribution in [0.2, 0.25) is 0 Å². The molecule has 24 heavy (non-hydrogen) atoms. The number of phenolic OH excluding ortho intramolecular Hbond substituents is 2. The van der Waals surface area contributed by atoms with Crippen molar-refractivity contribution in [2.75, 3.05) is 27.3 Å². The van der Waals surface area contributed by atoms with Crippen LogP contribution in [0.1, 0.15) is 11.1 Å². The van der Waals surface area contributed by atoms with Crippen molar-refractivity contribution in [3.63, 3.8) is 0 Å². The third-order valence-electron chi connectivity index (χ3n) is 3.68. The fourth-order valence-electron chi connectivity index (χ4n) is 2.28. The molecule has 0 bridgehead atoms. The van der Waals surface area contributed by atoms with Crippen molar-refractivity contribution in [2.24, 2.45) is 0 Å².